The second kappa shape index (κ2) is 12.1. The molecule has 4 rings (SSSR count). The summed E-state index contributed by atoms with van der Waals surface area (Å²) in [4.78, 5) is 67.6. The number of hydrogen-bond acceptors (Lipinski definition) is 6. The van der Waals surface area contributed by atoms with Gasteiger partial charge < -0.3 is 25.0 Å². The van der Waals surface area contributed by atoms with Gasteiger partial charge in [-0.1, -0.05) is 54.6 Å². The van der Waals surface area contributed by atoms with Crippen molar-refractivity contribution in [2.24, 2.45) is 0 Å². The first kappa shape index (κ1) is 29.8. The van der Waals surface area contributed by atoms with Crippen molar-refractivity contribution < 1.29 is 33.8 Å². The topological polar surface area (TPSA) is 133 Å². The van der Waals surface area contributed by atoms with Crippen molar-refractivity contribution in [2.45, 2.75) is 76.6 Å². The molecule has 2 aliphatic heterocycles. The van der Waals surface area contributed by atoms with Crippen LogP contribution in [0.1, 0.15) is 67.9 Å². The molecule has 2 N–H and O–H groups in total. The molecule has 1 unspecified atom stereocenters. The number of ketones is 1. The Morgan fingerprint density at radius 2 is 1.54 bits per heavy atom. The summed E-state index contributed by atoms with van der Waals surface area (Å²) in [5, 5.41) is 12.9. The Labute approximate surface area is 239 Å². The minimum Gasteiger partial charge on any atom is -0.480 e. The average Bonchev–Trinajstić information content (AvgIpc) is 2.94. The van der Waals surface area contributed by atoms with Gasteiger partial charge in [0.25, 0.3) is 0 Å². The normalized spacial score (nSPS) is 18.2. The van der Waals surface area contributed by atoms with Gasteiger partial charge in [0.05, 0.1) is 0 Å². The molecule has 218 valence electrons. The molecule has 41 heavy (non-hydrogen) atoms. The minimum atomic E-state index is -1.59. The quantitative estimate of drug-likeness (QED) is 0.492. The molecule has 10 heteroatoms. The summed E-state index contributed by atoms with van der Waals surface area (Å²) in [6.45, 7) is 5.63. The number of carboxylic acids is 1. The van der Waals surface area contributed by atoms with Gasteiger partial charge in [-0.3, -0.25) is 14.4 Å². The lowest BCUT2D eigenvalue weighted by molar-refractivity contribution is -0.152. The number of carbonyl (C=O) groups excluding carboxylic acids is 4. The second-order valence-corrected chi connectivity index (χ2v) is 11.6. The van der Waals surface area contributed by atoms with Crippen LogP contribution in [0.15, 0.2) is 54.6 Å². The number of likely N-dealkylation sites (tertiary alicyclic amines) is 1. The molecular formula is C31H37N3O7. The molecule has 10 nitrogen and oxygen atoms in total. The highest BCUT2D eigenvalue weighted by atomic mass is 16.6. The van der Waals surface area contributed by atoms with Gasteiger partial charge in [0.1, 0.15) is 17.2 Å². The zero-order valence-corrected chi connectivity index (χ0v) is 23.7. The van der Waals surface area contributed by atoms with Crippen LogP contribution in [0.2, 0.25) is 0 Å². The Balaban J connectivity index is 1.48. The Morgan fingerprint density at radius 1 is 0.927 bits per heavy atom. The van der Waals surface area contributed by atoms with E-state index in [1.165, 1.54) is 9.80 Å². The molecular weight excluding hydrogens is 526 g/mol. The summed E-state index contributed by atoms with van der Waals surface area (Å²) >= 11 is 0. The zero-order valence-electron chi connectivity index (χ0n) is 23.7. The van der Waals surface area contributed by atoms with Crippen molar-refractivity contribution in [3.8, 4) is 0 Å². The predicted octanol–water partition coefficient (Wildman–Crippen LogP) is 3.57. The highest BCUT2D eigenvalue weighted by Crippen LogP contribution is 2.28. The van der Waals surface area contributed by atoms with E-state index >= 15 is 0 Å². The maximum Gasteiger partial charge on any atom is 0.410 e. The predicted molar refractivity (Wildman–Crippen MR) is 150 cm³/mol. The number of nitrogens with zero attached hydrogens (tertiary/aromatic N) is 2. The molecule has 3 amide bonds. The average molecular weight is 564 g/mol. The fourth-order valence-electron chi connectivity index (χ4n) is 5.26. The van der Waals surface area contributed by atoms with Gasteiger partial charge in [0, 0.05) is 44.5 Å². The van der Waals surface area contributed by atoms with E-state index in [-0.39, 0.29) is 63.4 Å². The van der Waals surface area contributed by atoms with Crippen molar-refractivity contribution in [3.05, 3.63) is 71.3 Å². The van der Waals surface area contributed by atoms with Crippen molar-refractivity contribution in [3.63, 3.8) is 0 Å². The highest BCUT2D eigenvalue weighted by Gasteiger charge is 2.46. The number of Topliss-reactive ketones (excluding diaryl/α,β-unsaturated/α-hetero) is 1. The third-order valence-corrected chi connectivity index (χ3v) is 7.57. The lowest BCUT2D eigenvalue weighted by atomic mass is 9.86. The molecule has 0 saturated carbocycles. The second-order valence-electron chi connectivity index (χ2n) is 11.6. The molecule has 1 atom stereocenters. The molecule has 0 aromatic heterocycles. The SMILES string of the molecule is CC(C)(C)OC(=O)N1CCC(NC(=O)C2Cc3ccccc3CN2C(=O)CCC(=O)c2ccccc2)(C(=O)O)CC1. The molecule has 0 aliphatic carbocycles. The number of aliphatic carboxylic acids is 1. The van der Waals surface area contributed by atoms with E-state index < -0.39 is 35.2 Å². The van der Waals surface area contributed by atoms with Gasteiger partial charge in [-0.2, -0.15) is 0 Å². The first-order valence-electron chi connectivity index (χ1n) is 13.9. The number of rotatable bonds is 7. The monoisotopic (exact) mass is 563 g/mol. The first-order chi connectivity index (χ1) is 19.4. The third-order valence-electron chi connectivity index (χ3n) is 7.57. The summed E-state index contributed by atoms with van der Waals surface area (Å²) in [5.41, 5.74) is 0.0367. The number of benzene rings is 2. The summed E-state index contributed by atoms with van der Waals surface area (Å²) < 4.78 is 5.41. The number of piperidine rings is 1. The molecule has 2 aromatic carbocycles. The maximum atomic E-state index is 13.7. The Kier molecular flexibility index (Phi) is 8.80. The molecule has 0 spiro atoms. The standard InChI is InChI=1S/C31H37N3O7/c1-30(2,3)41-29(40)33-17-15-31(16-18-33,28(38)39)32-27(37)24-19-22-11-7-8-12-23(22)20-34(24)26(36)14-13-25(35)21-9-5-4-6-10-21/h4-12,24H,13-20H2,1-3H3,(H,32,37)(H,38,39). The van der Waals surface area contributed by atoms with Gasteiger partial charge in [-0.15, -0.1) is 0 Å². The minimum absolute atomic E-state index is 0.00382. The number of carboxylic acid groups (broad SMARTS) is 1. The highest BCUT2D eigenvalue weighted by molar-refractivity contribution is 5.98. The van der Waals surface area contributed by atoms with Crippen LogP contribution in [0, 0.1) is 0 Å². The molecule has 0 bridgehead atoms. The number of nitrogens with one attached hydrogen (secondary N) is 1. The third kappa shape index (κ3) is 7.11. The van der Waals surface area contributed by atoms with Gasteiger partial charge >= 0.3 is 12.1 Å². The Bertz CT molecular complexity index is 1310. The van der Waals surface area contributed by atoms with E-state index in [0.29, 0.717) is 5.56 Å². The lowest BCUT2D eigenvalue weighted by Gasteiger charge is -2.42. The van der Waals surface area contributed by atoms with E-state index in [1.54, 1.807) is 45.0 Å². The molecule has 0 radical (unpaired) electrons. The molecule has 2 aromatic rings. The summed E-state index contributed by atoms with van der Waals surface area (Å²) in [6.07, 6.45) is -0.399. The van der Waals surface area contributed by atoms with Crippen molar-refractivity contribution in [2.75, 3.05) is 13.1 Å². The molecule has 2 heterocycles. The van der Waals surface area contributed by atoms with E-state index in [0.717, 1.165) is 11.1 Å². The number of carbonyl (C=O) groups is 5. The van der Waals surface area contributed by atoms with Gasteiger partial charge in [0.2, 0.25) is 11.8 Å². The number of ether oxygens (including phenoxy) is 1. The fourth-order valence-corrected chi connectivity index (χ4v) is 5.26. The van der Waals surface area contributed by atoms with Crippen LogP contribution in [0.5, 0.6) is 0 Å². The molecule has 2 aliphatic rings. The van der Waals surface area contributed by atoms with Crippen molar-refractivity contribution >= 4 is 29.7 Å². The van der Waals surface area contributed by atoms with Crippen molar-refractivity contribution in [1.82, 2.24) is 15.1 Å². The van der Waals surface area contributed by atoms with Crippen molar-refractivity contribution in [1.29, 1.82) is 0 Å². The van der Waals surface area contributed by atoms with Crippen LogP contribution < -0.4 is 5.32 Å². The Morgan fingerprint density at radius 3 is 2.15 bits per heavy atom. The summed E-state index contributed by atoms with van der Waals surface area (Å²) in [6, 6.07) is 15.3. The first-order valence-corrected chi connectivity index (χ1v) is 13.9. The van der Waals surface area contributed by atoms with Crippen LogP contribution in [-0.2, 0) is 32.1 Å². The lowest BCUT2D eigenvalue weighted by Crippen LogP contribution is -2.64. The van der Waals surface area contributed by atoms with Crippen LogP contribution in [0.4, 0.5) is 4.79 Å². The molecule has 1 fully saturated rings. The summed E-state index contributed by atoms with van der Waals surface area (Å²) in [5.74, 6) is -2.29. The molecule has 1 saturated heterocycles. The van der Waals surface area contributed by atoms with Gasteiger partial charge in [-0.05, 0) is 44.7 Å². The number of fused-ring (bicyclic) bond motifs is 1. The van der Waals surface area contributed by atoms with Crippen LogP contribution in [0.3, 0.4) is 0 Å². The summed E-state index contributed by atoms with van der Waals surface area (Å²) in [7, 11) is 0. The largest absolute Gasteiger partial charge is 0.480 e. The van der Waals surface area contributed by atoms with Gasteiger partial charge in [0.15, 0.2) is 5.78 Å². The smallest absolute Gasteiger partial charge is 0.410 e. The van der Waals surface area contributed by atoms with Crippen LogP contribution in [0.25, 0.3) is 0 Å². The number of amides is 3. The van der Waals surface area contributed by atoms with Crippen LogP contribution in [-0.4, -0.2) is 74.8 Å². The van der Waals surface area contributed by atoms with E-state index in [1.807, 2.05) is 30.3 Å². The van der Waals surface area contributed by atoms with Crippen LogP contribution >= 0.6 is 0 Å². The maximum absolute atomic E-state index is 13.7. The number of hydrogen-bond donors (Lipinski definition) is 2. The zero-order chi connectivity index (χ0) is 29.8. The van der Waals surface area contributed by atoms with E-state index in [9.17, 15) is 29.1 Å². The fraction of sp³-hybridized carbons (Fsp3) is 0.452. The van der Waals surface area contributed by atoms with E-state index in [2.05, 4.69) is 5.32 Å². The Hall–Kier alpha value is -4.21. The van der Waals surface area contributed by atoms with E-state index in [4.69, 9.17) is 4.74 Å². The van der Waals surface area contributed by atoms with Gasteiger partial charge in [-0.25, -0.2) is 9.59 Å².